The van der Waals surface area contributed by atoms with Crippen molar-refractivity contribution >= 4 is 22.2 Å². The SMILES string of the molecule is Cc1ccc(-c2nn3c(=O)cc(CNC(=O)c4ccc(F)cc4)nc3s2)cc1. The van der Waals surface area contributed by atoms with Crippen LogP contribution in [0.4, 0.5) is 4.39 Å². The smallest absolute Gasteiger partial charge is 0.275 e. The summed E-state index contributed by atoms with van der Waals surface area (Å²) in [6.07, 6.45) is 0. The Balaban J connectivity index is 1.56. The molecule has 2 aromatic carbocycles. The zero-order valence-electron chi connectivity index (χ0n) is 14.8. The fourth-order valence-corrected chi connectivity index (χ4v) is 3.56. The Morgan fingerprint density at radius 3 is 2.57 bits per heavy atom. The van der Waals surface area contributed by atoms with Crippen LogP contribution in [0.2, 0.25) is 0 Å². The van der Waals surface area contributed by atoms with Crippen LogP contribution in [0.1, 0.15) is 21.6 Å². The number of aryl methyl sites for hydroxylation is 1. The molecule has 4 rings (SSSR count). The Labute approximate surface area is 163 Å². The lowest BCUT2D eigenvalue weighted by Crippen LogP contribution is -2.25. The van der Waals surface area contributed by atoms with Crippen molar-refractivity contribution in [2.24, 2.45) is 0 Å². The summed E-state index contributed by atoms with van der Waals surface area (Å²) < 4.78 is 14.2. The van der Waals surface area contributed by atoms with Crippen molar-refractivity contribution in [1.82, 2.24) is 19.9 Å². The van der Waals surface area contributed by atoms with Crippen LogP contribution in [0.3, 0.4) is 0 Å². The standard InChI is InChI=1S/C20H15FN4O2S/c1-12-2-4-14(5-3-12)19-24-25-17(26)10-16(23-20(25)28-19)11-22-18(27)13-6-8-15(21)9-7-13/h2-10H,11H2,1H3,(H,22,27). The Kier molecular flexibility index (Phi) is 4.70. The number of nitrogens with one attached hydrogen (secondary N) is 1. The minimum Gasteiger partial charge on any atom is -0.346 e. The van der Waals surface area contributed by atoms with E-state index in [9.17, 15) is 14.0 Å². The molecule has 0 unspecified atom stereocenters. The maximum Gasteiger partial charge on any atom is 0.275 e. The molecule has 0 atom stereocenters. The number of carbonyl (C=O) groups excluding carboxylic acids is 1. The van der Waals surface area contributed by atoms with Crippen molar-refractivity contribution in [3.05, 3.63) is 87.6 Å². The van der Waals surface area contributed by atoms with E-state index >= 15 is 0 Å². The zero-order chi connectivity index (χ0) is 19.7. The number of benzene rings is 2. The Morgan fingerprint density at radius 1 is 1.14 bits per heavy atom. The van der Waals surface area contributed by atoms with Gasteiger partial charge in [0.15, 0.2) is 0 Å². The van der Waals surface area contributed by atoms with Crippen molar-refractivity contribution in [3.8, 4) is 10.6 Å². The minimum atomic E-state index is -0.411. The van der Waals surface area contributed by atoms with E-state index in [1.54, 1.807) is 0 Å². The van der Waals surface area contributed by atoms with Crippen LogP contribution in [0.25, 0.3) is 15.5 Å². The second-order valence-electron chi connectivity index (χ2n) is 6.24. The van der Waals surface area contributed by atoms with Crippen molar-refractivity contribution in [2.75, 3.05) is 0 Å². The number of nitrogens with zero attached hydrogens (tertiary/aromatic N) is 3. The average Bonchev–Trinajstić information content (AvgIpc) is 3.12. The Hall–Kier alpha value is -3.39. The second-order valence-corrected chi connectivity index (χ2v) is 7.20. The van der Waals surface area contributed by atoms with Gasteiger partial charge in [0.05, 0.1) is 12.2 Å². The van der Waals surface area contributed by atoms with E-state index in [0.717, 1.165) is 11.1 Å². The predicted octanol–water partition coefficient (Wildman–Crippen LogP) is 3.20. The minimum absolute atomic E-state index is 0.0831. The highest BCUT2D eigenvalue weighted by Gasteiger charge is 2.12. The summed E-state index contributed by atoms with van der Waals surface area (Å²) in [4.78, 5) is 29.4. The van der Waals surface area contributed by atoms with Crippen LogP contribution >= 0.6 is 11.3 Å². The number of rotatable bonds is 4. The molecule has 8 heteroatoms. The third-order valence-corrected chi connectivity index (χ3v) is 5.09. The third-order valence-electron chi connectivity index (χ3n) is 4.13. The van der Waals surface area contributed by atoms with E-state index in [1.165, 1.54) is 46.2 Å². The maximum atomic E-state index is 13.0. The number of carbonyl (C=O) groups is 1. The zero-order valence-corrected chi connectivity index (χ0v) is 15.7. The Morgan fingerprint density at radius 2 is 1.86 bits per heavy atom. The van der Waals surface area contributed by atoms with E-state index < -0.39 is 5.82 Å². The summed E-state index contributed by atoms with van der Waals surface area (Å²) >= 11 is 1.30. The fourth-order valence-electron chi connectivity index (χ4n) is 2.63. The van der Waals surface area contributed by atoms with Crippen LogP contribution in [0.5, 0.6) is 0 Å². The largest absolute Gasteiger partial charge is 0.346 e. The van der Waals surface area contributed by atoms with E-state index in [1.807, 2.05) is 31.2 Å². The highest BCUT2D eigenvalue weighted by atomic mass is 32.1. The lowest BCUT2D eigenvalue weighted by molar-refractivity contribution is 0.0950. The topological polar surface area (TPSA) is 76.4 Å². The normalized spacial score (nSPS) is 10.9. The molecule has 0 saturated heterocycles. The molecule has 4 aromatic rings. The van der Waals surface area contributed by atoms with E-state index in [2.05, 4.69) is 15.4 Å². The molecule has 0 aliphatic carbocycles. The van der Waals surface area contributed by atoms with Gasteiger partial charge in [-0.05, 0) is 31.2 Å². The third kappa shape index (κ3) is 3.67. The van der Waals surface area contributed by atoms with Gasteiger partial charge in [-0.25, -0.2) is 9.37 Å². The summed E-state index contributed by atoms with van der Waals surface area (Å²) in [5.41, 5.74) is 2.50. The van der Waals surface area contributed by atoms with Gasteiger partial charge in [-0.1, -0.05) is 41.2 Å². The molecular formula is C20H15FN4O2S. The molecule has 1 amide bonds. The van der Waals surface area contributed by atoms with Gasteiger partial charge in [-0.2, -0.15) is 9.61 Å². The van der Waals surface area contributed by atoms with Crippen LogP contribution in [0.15, 0.2) is 59.4 Å². The number of hydrogen-bond acceptors (Lipinski definition) is 5. The summed E-state index contributed by atoms with van der Waals surface area (Å²) in [6, 6.07) is 14.4. The van der Waals surface area contributed by atoms with Gasteiger partial charge in [0.1, 0.15) is 10.8 Å². The molecule has 0 aliphatic heterocycles. The molecule has 1 N–H and O–H groups in total. The fraction of sp³-hybridized carbons (Fsp3) is 0.100. The lowest BCUT2D eigenvalue weighted by atomic mass is 10.2. The average molecular weight is 394 g/mol. The summed E-state index contributed by atoms with van der Waals surface area (Å²) in [5, 5.41) is 7.72. The highest BCUT2D eigenvalue weighted by molar-refractivity contribution is 7.19. The molecule has 28 heavy (non-hydrogen) atoms. The van der Waals surface area contributed by atoms with Crippen LogP contribution in [0, 0.1) is 12.7 Å². The number of amides is 1. The molecule has 6 nitrogen and oxygen atoms in total. The van der Waals surface area contributed by atoms with Gasteiger partial charge in [-0.3, -0.25) is 9.59 Å². The van der Waals surface area contributed by atoms with Crippen molar-refractivity contribution in [1.29, 1.82) is 0 Å². The summed E-state index contributed by atoms with van der Waals surface area (Å²) in [7, 11) is 0. The first kappa shape index (κ1) is 18.0. The first-order chi connectivity index (χ1) is 13.5. The van der Waals surface area contributed by atoms with Crippen LogP contribution < -0.4 is 10.9 Å². The monoisotopic (exact) mass is 394 g/mol. The maximum absolute atomic E-state index is 13.0. The van der Waals surface area contributed by atoms with E-state index in [-0.39, 0.29) is 18.0 Å². The van der Waals surface area contributed by atoms with Crippen LogP contribution in [-0.4, -0.2) is 20.5 Å². The van der Waals surface area contributed by atoms with Gasteiger partial charge in [-0.15, -0.1) is 0 Å². The Bertz CT molecular complexity index is 1210. The number of aromatic nitrogens is 3. The number of fused-ring (bicyclic) bond motifs is 1. The number of halogens is 1. The molecule has 2 heterocycles. The van der Waals surface area contributed by atoms with Crippen molar-refractivity contribution < 1.29 is 9.18 Å². The molecule has 0 saturated carbocycles. The first-order valence-electron chi connectivity index (χ1n) is 8.50. The van der Waals surface area contributed by atoms with Gasteiger partial charge in [0.25, 0.3) is 11.5 Å². The molecule has 0 fully saturated rings. The van der Waals surface area contributed by atoms with Crippen LogP contribution in [-0.2, 0) is 6.54 Å². The van der Waals surface area contributed by atoms with Gasteiger partial charge < -0.3 is 5.32 Å². The van der Waals surface area contributed by atoms with Gasteiger partial charge in [0.2, 0.25) is 4.96 Å². The molecule has 2 aromatic heterocycles. The van der Waals surface area contributed by atoms with Crippen molar-refractivity contribution in [3.63, 3.8) is 0 Å². The summed E-state index contributed by atoms with van der Waals surface area (Å²) in [5.74, 6) is -0.780. The van der Waals surface area contributed by atoms with E-state index in [0.29, 0.717) is 21.2 Å². The molecule has 0 spiro atoms. The molecule has 0 bridgehead atoms. The van der Waals surface area contributed by atoms with Gasteiger partial charge in [0, 0.05) is 17.2 Å². The highest BCUT2D eigenvalue weighted by Crippen LogP contribution is 2.24. The molecule has 0 radical (unpaired) electrons. The molecule has 140 valence electrons. The second kappa shape index (κ2) is 7.32. The molecule has 0 aliphatic rings. The van der Waals surface area contributed by atoms with E-state index in [4.69, 9.17) is 0 Å². The quantitative estimate of drug-likeness (QED) is 0.577. The van der Waals surface area contributed by atoms with Gasteiger partial charge >= 0.3 is 0 Å². The number of hydrogen-bond donors (Lipinski definition) is 1. The predicted molar refractivity (Wildman–Crippen MR) is 105 cm³/mol. The molecular weight excluding hydrogens is 379 g/mol. The summed E-state index contributed by atoms with van der Waals surface area (Å²) in [6.45, 7) is 2.08. The first-order valence-corrected chi connectivity index (χ1v) is 9.32. The van der Waals surface area contributed by atoms with Crippen molar-refractivity contribution in [2.45, 2.75) is 13.5 Å². The lowest BCUT2D eigenvalue weighted by Gasteiger charge is -2.04.